The molecule has 8 nitrogen and oxygen atoms in total. The van der Waals surface area contributed by atoms with Gasteiger partial charge in [0.25, 0.3) is 0 Å². The molecule has 4 N–H and O–H groups in total. The highest BCUT2D eigenvalue weighted by atomic mass is 16.4. The minimum absolute atomic E-state index is 0.672. The Labute approximate surface area is 79.3 Å². The lowest BCUT2D eigenvalue weighted by molar-refractivity contribution is -0.131. The molecule has 0 heterocycles. The molecule has 0 aliphatic heterocycles. The number of aliphatic carboxylic acids is 2. The molecule has 78 valence electrons. The Hall–Kier alpha value is -2.12. The normalized spacial score (nSPS) is 12.1. The third-order valence-electron chi connectivity index (χ3n) is 1.08. The Morgan fingerprint density at radius 2 is 1.21 bits per heavy atom. The lowest BCUT2D eigenvalue weighted by Crippen LogP contribution is -2.33. The Balaban J connectivity index is 5.15. The van der Waals surface area contributed by atoms with Crippen LogP contribution in [0.2, 0.25) is 0 Å². The zero-order chi connectivity index (χ0) is 11.1. The second kappa shape index (κ2) is 5.51. The van der Waals surface area contributed by atoms with Crippen LogP contribution >= 0.6 is 0 Å². The van der Waals surface area contributed by atoms with Crippen molar-refractivity contribution in [1.29, 1.82) is 0 Å². The van der Waals surface area contributed by atoms with E-state index in [1.807, 2.05) is 0 Å². The molecular weight excluding hydrogens is 192 g/mol. The molecule has 0 rings (SSSR count). The quantitative estimate of drug-likeness (QED) is 0.311. The smallest absolute Gasteiger partial charge is 0.358 e. The number of hydrazone groups is 2. The molecule has 14 heavy (non-hydrogen) atoms. The standard InChI is InChI=1S/C6H10N4O4/c1-7-9-3(5(11)12)4(6(13)14)10-8-2/h7-8H,1-2H3,(H,11,12)(H,13,14)/b9-3-,10-4-. The number of nitrogens with one attached hydrogen (secondary N) is 2. The van der Waals surface area contributed by atoms with Crippen LogP contribution in [-0.2, 0) is 9.59 Å². The van der Waals surface area contributed by atoms with Crippen LogP contribution in [0.4, 0.5) is 0 Å². The fourth-order valence-electron chi connectivity index (χ4n) is 0.628. The summed E-state index contributed by atoms with van der Waals surface area (Å²) in [5, 5.41) is 23.8. The van der Waals surface area contributed by atoms with Crippen molar-refractivity contribution in [2.45, 2.75) is 0 Å². The van der Waals surface area contributed by atoms with Crippen molar-refractivity contribution in [2.24, 2.45) is 10.2 Å². The van der Waals surface area contributed by atoms with Gasteiger partial charge in [0.05, 0.1) is 0 Å². The average Bonchev–Trinajstić information content (AvgIpc) is 2.10. The zero-order valence-electron chi connectivity index (χ0n) is 7.61. The predicted octanol–water partition coefficient (Wildman–Crippen LogP) is -1.69. The molecule has 0 bridgehead atoms. The van der Waals surface area contributed by atoms with Gasteiger partial charge >= 0.3 is 11.9 Å². The molecule has 0 unspecified atom stereocenters. The molecular formula is C6H10N4O4. The van der Waals surface area contributed by atoms with E-state index in [0.29, 0.717) is 0 Å². The number of carboxylic acids is 2. The van der Waals surface area contributed by atoms with Gasteiger partial charge in [0.1, 0.15) is 0 Å². The molecule has 0 aliphatic carbocycles. The van der Waals surface area contributed by atoms with Crippen LogP contribution in [0.15, 0.2) is 10.2 Å². The Morgan fingerprint density at radius 1 is 0.929 bits per heavy atom. The van der Waals surface area contributed by atoms with Crippen LogP contribution in [0, 0.1) is 0 Å². The summed E-state index contributed by atoms with van der Waals surface area (Å²) in [7, 11) is 2.70. The van der Waals surface area contributed by atoms with Gasteiger partial charge in [0, 0.05) is 14.1 Å². The van der Waals surface area contributed by atoms with E-state index < -0.39 is 23.4 Å². The molecule has 0 amide bonds. The lowest BCUT2D eigenvalue weighted by atomic mass is 10.2. The van der Waals surface area contributed by atoms with Crippen molar-refractivity contribution in [3.05, 3.63) is 0 Å². The molecule has 0 atom stereocenters. The second-order valence-corrected chi connectivity index (χ2v) is 1.98. The van der Waals surface area contributed by atoms with E-state index in [1.54, 1.807) is 0 Å². The molecule has 0 aromatic heterocycles. The van der Waals surface area contributed by atoms with Crippen LogP contribution in [0.1, 0.15) is 0 Å². The highest BCUT2D eigenvalue weighted by Crippen LogP contribution is 1.86. The number of hydrogen-bond acceptors (Lipinski definition) is 6. The summed E-state index contributed by atoms with van der Waals surface area (Å²) in [5.41, 5.74) is 3.01. The third kappa shape index (κ3) is 3.09. The molecule has 0 radical (unpaired) electrons. The van der Waals surface area contributed by atoms with Gasteiger partial charge in [0.15, 0.2) is 0 Å². The van der Waals surface area contributed by atoms with Crippen LogP contribution in [0.25, 0.3) is 0 Å². The lowest BCUT2D eigenvalue weighted by Gasteiger charge is -2.00. The van der Waals surface area contributed by atoms with Gasteiger partial charge in [-0.1, -0.05) is 0 Å². The van der Waals surface area contributed by atoms with Crippen molar-refractivity contribution >= 4 is 23.4 Å². The highest BCUT2D eigenvalue weighted by Gasteiger charge is 2.24. The van der Waals surface area contributed by atoms with Gasteiger partial charge in [-0.15, -0.1) is 0 Å². The third-order valence-corrected chi connectivity index (χ3v) is 1.08. The summed E-state index contributed by atoms with van der Waals surface area (Å²) >= 11 is 0. The fraction of sp³-hybridized carbons (Fsp3) is 0.333. The van der Waals surface area contributed by atoms with E-state index in [4.69, 9.17) is 10.2 Å². The van der Waals surface area contributed by atoms with Gasteiger partial charge in [-0.25, -0.2) is 9.59 Å². The Bertz CT molecular complexity index is 266. The summed E-state index contributed by atoms with van der Waals surface area (Å²) in [4.78, 5) is 21.1. The molecule has 0 aromatic carbocycles. The number of nitrogens with zero attached hydrogens (tertiary/aromatic N) is 2. The van der Waals surface area contributed by atoms with Gasteiger partial charge in [0.2, 0.25) is 11.4 Å². The van der Waals surface area contributed by atoms with E-state index in [1.165, 1.54) is 14.1 Å². The van der Waals surface area contributed by atoms with Crippen LogP contribution in [-0.4, -0.2) is 47.7 Å². The van der Waals surface area contributed by atoms with Gasteiger partial charge < -0.3 is 21.1 Å². The maximum Gasteiger partial charge on any atom is 0.358 e. The van der Waals surface area contributed by atoms with Crippen LogP contribution in [0.5, 0.6) is 0 Å². The maximum absolute atomic E-state index is 10.6. The molecule has 0 fully saturated rings. The first-order valence-electron chi connectivity index (χ1n) is 3.50. The molecule has 0 spiro atoms. The molecule has 0 saturated carbocycles. The topological polar surface area (TPSA) is 123 Å². The minimum atomic E-state index is -1.48. The summed E-state index contributed by atoms with van der Waals surface area (Å²) in [6.07, 6.45) is 0. The van der Waals surface area contributed by atoms with Crippen molar-refractivity contribution in [1.82, 2.24) is 10.9 Å². The fourth-order valence-corrected chi connectivity index (χ4v) is 0.628. The van der Waals surface area contributed by atoms with Gasteiger partial charge in [-0.3, -0.25) is 0 Å². The van der Waals surface area contributed by atoms with Crippen LogP contribution < -0.4 is 10.9 Å². The highest BCUT2D eigenvalue weighted by molar-refractivity contribution is 6.78. The summed E-state index contributed by atoms with van der Waals surface area (Å²) in [6, 6.07) is 0. The second-order valence-electron chi connectivity index (χ2n) is 1.98. The van der Waals surface area contributed by atoms with Crippen molar-refractivity contribution < 1.29 is 19.8 Å². The predicted molar refractivity (Wildman–Crippen MR) is 48.3 cm³/mol. The Kier molecular flexibility index (Phi) is 4.68. The Morgan fingerprint density at radius 3 is 1.36 bits per heavy atom. The molecule has 0 aromatic rings. The summed E-state index contributed by atoms with van der Waals surface area (Å²) < 4.78 is 0. The van der Waals surface area contributed by atoms with Crippen molar-refractivity contribution in [3.63, 3.8) is 0 Å². The monoisotopic (exact) mass is 202 g/mol. The van der Waals surface area contributed by atoms with Gasteiger partial charge in [-0.05, 0) is 0 Å². The molecule has 8 heteroatoms. The minimum Gasteiger partial charge on any atom is -0.476 e. The number of hydrogen-bond donors (Lipinski definition) is 4. The molecule has 0 aliphatic rings. The van der Waals surface area contributed by atoms with E-state index >= 15 is 0 Å². The average molecular weight is 202 g/mol. The van der Waals surface area contributed by atoms with E-state index in [-0.39, 0.29) is 0 Å². The van der Waals surface area contributed by atoms with Crippen LogP contribution in [0.3, 0.4) is 0 Å². The maximum atomic E-state index is 10.6. The largest absolute Gasteiger partial charge is 0.476 e. The SMILES string of the molecule is CN/N=C(C(=O)O)/C(=N/NC)C(=O)O. The van der Waals surface area contributed by atoms with E-state index in [2.05, 4.69) is 21.1 Å². The van der Waals surface area contributed by atoms with E-state index in [9.17, 15) is 9.59 Å². The summed E-state index contributed by atoms with van der Waals surface area (Å²) in [5.74, 6) is -2.95. The zero-order valence-corrected chi connectivity index (χ0v) is 7.61. The van der Waals surface area contributed by atoms with Crippen molar-refractivity contribution in [3.8, 4) is 0 Å². The summed E-state index contributed by atoms with van der Waals surface area (Å²) in [6.45, 7) is 0. The first-order valence-corrected chi connectivity index (χ1v) is 3.50. The number of rotatable bonds is 5. The number of carboxylic acid groups (broad SMARTS) is 2. The van der Waals surface area contributed by atoms with Crippen molar-refractivity contribution in [2.75, 3.05) is 14.1 Å². The number of carbonyl (C=O) groups is 2. The first kappa shape index (κ1) is 11.9. The van der Waals surface area contributed by atoms with Gasteiger partial charge in [-0.2, -0.15) is 10.2 Å². The van der Waals surface area contributed by atoms with E-state index in [0.717, 1.165) is 0 Å². The molecule has 0 saturated heterocycles. The first-order chi connectivity index (χ1) is 6.54.